The Morgan fingerprint density at radius 1 is 1.28 bits per heavy atom. The molecule has 2 aromatic rings. The SMILES string of the molecule is CC(C)c1ccc2c(c1)c(C(N)C1CC1)cn2C. The van der Waals surface area contributed by atoms with E-state index in [1.54, 1.807) is 0 Å². The average molecular weight is 242 g/mol. The second-order valence-corrected chi connectivity index (χ2v) is 5.99. The summed E-state index contributed by atoms with van der Waals surface area (Å²) in [6.07, 6.45) is 4.81. The van der Waals surface area contributed by atoms with Crippen molar-refractivity contribution in [1.82, 2.24) is 4.57 Å². The largest absolute Gasteiger partial charge is 0.350 e. The Labute approximate surface area is 109 Å². The standard InChI is InChI=1S/C16H22N2/c1-10(2)12-6-7-15-13(8-12)14(9-18(15)3)16(17)11-4-5-11/h6-11,16H,4-5,17H2,1-3H3. The third kappa shape index (κ3) is 1.85. The van der Waals surface area contributed by atoms with Crippen LogP contribution in [0.5, 0.6) is 0 Å². The lowest BCUT2D eigenvalue weighted by molar-refractivity contribution is 0.635. The molecular weight excluding hydrogens is 220 g/mol. The van der Waals surface area contributed by atoms with Crippen LogP contribution in [0.3, 0.4) is 0 Å². The molecule has 0 amide bonds. The maximum atomic E-state index is 6.39. The molecule has 1 aliphatic rings. The van der Waals surface area contributed by atoms with Crippen molar-refractivity contribution < 1.29 is 0 Å². The highest BCUT2D eigenvalue weighted by atomic mass is 14.9. The quantitative estimate of drug-likeness (QED) is 0.874. The topological polar surface area (TPSA) is 30.9 Å². The molecule has 1 heterocycles. The Hall–Kier alpha value is -1.28. The van der Waals surface area contributed by atoms with Crippen LogP contribution in [0.4, 0.5) is 0 Å². The summed E-state index contributed by atoms with van der Waals surface area (Å²) in [5, 5.41) is 1.35. The van der Waals surface area contributed by atoms with Gasteiger partial charge in [-0.25, -0.2) is 0 Å². The summed E-state index contributed by atoms with van der Waals surface area (Å²) in [6.45, 7) is 4.48. The Morgan fingerprint density at radius 2 is 2.00 bits per heavy atom. The first-order valence-electron chi connectivity index (χ1n) is 6.92. The Kier molecular flexibility index (Phi) is 2.70. The number of aromatic nitrogens is 1. The van der Waals surface area contributed by atoms with Gasteiger partial charge >= 0.3 is 0 Å². The highest BCUT2D eigenvalue weighted by Gasteiger charge is 2.31. The molecule has 1 unspecified atom stereocenters. The first-order valence-corrected chi connectivity index (χ1v) is 6.92. The monoisotopic (exact) mass is 242 g/mol. The summed E-state index contributed by atoms with van der Waals surface area (Å²) >= 11 is 0. The minimum atomic E-state index is 0.219. The van der Waals surface area contributed by atoms with E-state index in [0.29, 0.717) is 11.8 Å². The van der Waals surface area contributed by atoms with Crippen molar-refractivity contribution in [3.63, 3.8) is 0 Å². The molecule has 2 N–H and O–H groups in total. The number of fused-ring (bicyclic) bond motifs is 1. The number of aryl methyl sites for hydroxylation is 1. The zero-order chi connectivity index (χ0) is 12.9. The Balaban J connectivity index is 2.15. The van der Waals surface area contributed by atoms with Crippen molar-refractivity contribution in [3.8, 4) is 0 Å². The van der Waals surface area contributed by atoms with Gasteiger partial charge in [-0.1, -0.05) is 19.9 Å². The van der Waals surface area contributed by atoms with E-state index < -0.39 is 0 Å². The van der Waals surface area contributed by atoms with E-state index >= 15 is 0 Å². The molecule has 1 saturated carbocycles. The molecule has 0 bridgehead atoms. The highest BCUT2D eigenvalue weighted by molar-refractivity contribution is 5.85. The third-order valence-corrected chi connectivity index (χ3v) is 4.20. The van der Waals surface area contributed by atoms with Crippen LogP contribution in [-0.2, 0) is 7.05 Å². The number of hydrogen-bond donors (Lipinski definition) is 1. The van der Waals surface area contributed by atoms with Crippen LogP contribution in [0.2, 0.25) is 0 Å². The lowest BCUT2D eigenvalue weighted by Crippen LogP contribution is -2.11. The van der Waals surface area contributed by atoms with Crippen molar-refractivity contribution in [2.45, 2.75) is 38.6 Å². The van der Waals surface area contributed by atoms with Gasteiger partial charge in [-0.3, -0.25) is 0 Å². The van der Waals surface area contributed by atoms with Gasteiger partial charge in [0.25, 0.3) is 0 Å². The number of hydrogen-bond acceptors (Lipinski definition) is 1. The predicted octanol–water partition coefficient (Wildman–Crippen LogP) is 3.71. The average Bonchev–Trinajstić information content (AvgIpc) is 3.14. The lowest BCUT2D eigenvalue weighted by atomic mass is 9.97. The number of nitrogens with zero attached hydrogens (tertiary/aromatic N) is 1. The molecule has 2 heteroatoms. The van der Waals surface area contributed by atoms with Crippen molar-refractivity contribution >= 4 is 10.9 Å². The fourth-order valence-corrected chi connectivity index (χ4v) is 2.77. The summed E-state index contributed by atoms with van der Waals surface area (Å²) in [5.41, 5.74) is 10.4. The zero-order valence-electron chi connectivity index (χ0n) is 11.5. The van der Waals surface area contributed by atoms with Crippen LogP contribution in [0.1, 0.15) is 49.8 Å². The first-order chi connectivity index (χ1) is 8.58. The van der Waals surface area contributed by atoms with Crippen molar-refractivity contribution in [2.75, 3.05) is 0 Å². The third-order valence-electron chi connectivity index (χ3n) is 4.20. The normalized spacial score (nSPS) is 17.6. The molecule has 0 aliphatic heterocycles. The van der Waals surface area contributed by atoms with Gasteiger partial charge in [-0.05, 0) is 47.9 Å². The van der Waals surface area contributed by atoms with Gasteiger partial charge in [0, 0.05) is 30.2 Å². The van der Waals surface area contributed by atoms with Gasteiger partial charge in [0.2, 0.25) is 0 Å². The van der Waals surface area contributed by atoms with Crippen LogP contribution < -0.4 is 5.73 Å². The summed E-state index contributed by atoms with van der Waals surface area (Å²) < 4.78 is 2.21. The molecule has 3 rings (SSSR count). The summed E-state index contributed by atoms with van der Waals surface area (Å²) in [6, 6.07) is 7.02. The Morgan fingerprint density at radius 3 is 2.61 bits per heavy atom. The molecule has 1 atom stereocenters. The number of benzene rings is 1. The first kappa shape index (κ1) is 11.8. The van der Waals surface area contributed by atoms with Crippen molar-refractivity contribution in [1.29, 1.82) is 0 Å². The van der Waals surface area contributed by atoms with Crippen LogP contribution in [0.15, 0.2) is 24.4 Å². The second-order valence-electron chi connectivity index (χ2n) is 5.99. The maximum Gasteiger partial charge on any atom is 0.0481 e. The molecule has 2 nitrogen and oxygen atoms in total. The van der Waals surface area contributed by atoms with Gasteiger partial charge in [0.1, 0.15) is 0 Å². The maximum absolute atomic E-state index is 6.39. The summed E-state index contributed by atoms with van der Waals surface area (Å²) in [4.78, 5) is 0. The molecule has 0 radical (unpaired) electrons. The molecule has 0 saturated heterocycles. The molecule has 1 aliphatic carbocycles. The van der Waals surface area contributed by atoms with E-state index in [1.165, 1.54) is 34.9 Å². The fraction of sp³-hybridized carbons (Fsp3) is 0.500. The highest BCUT2D eigenvalue weighted by Crippen LogP contribution is 2.42. The van der Waals surface area contributed by atoms with E-state index in [4.69, 9.17) is 5.73 Å². The van der Waals surface area contributed by atoms with Crippen LogP contribution in [0, 0.1) is 5.92 Å². The molecule has 1 fully saturated rings. The van der Waals surface area contributed by atoms with Gasteiger partial charge < -0.3 is 10.3 Å². The van der Waals surface area contributed by atoms with E-state index in [-0.39, 0.29) is 6.04 Å². The van der Waals surface area contributed by atoms with E-state index in [1.807, 2.05) is 0 Å². The van der Waals surface area contributed by atoms with E-state index in [2.05, 4.69) is 49.9 Å². The van der Waals surface area contributed by atoms with Gasteiger partial charge in [0.15, 0.2) is 0 Å². The van der Waals surface area contributed by atoms with Crippen LogP contribution in [-0.4, -0.2) is 4.57 Å². The lowest BCUT2D eigenvalue weighted by Gasteiger charge is -2.10. The molecule has 18 heavy (non-hydrogen) atoms. The fourth-order valence-electron chi connectivity index (χ4n) is 2.77. The van der Waals surface area contributed by atoms with Crippen molar-refractivity contribution in [3.05, 3.63) is 35.5 Å². The minimum Gasteiger partial charge on any atom is -0.350 e. The predicted molar refractivity (Wildman–Crippen MR) is 76.7 cm³/mol. The number of nitrogens with two attached hydrogens (primary N) is 1. The second kappa shape index (κ2) is 4.13. The van der Waals surface area contributed by atoms with E-state index in [0.717, 1.165) is 0 Å². The van der Waals surface area contributed by atoms with Gasteiger partial charge in [-0.15, -0.1) is 0 Å². The van der Waals surface area contributed by atoms with E-state index in [9.17, 15) is 0 Å². The van der Waals surface area contributed by atoms with Crippen LogP contribution in [0.25, 0.3) is 10.9 Å². The van der Waals surface area contributed by atoms with Gasteiger partial charge in [-0.2, -0.15) is 0 Å². The minimum absolute atomic E-state index is 0.219. The molecule has 1 aromatic heterocycles. The van der Waals surface area contributed by atoms with Crippen LogP contribution >= 0.6 is 0 Å². The molecule has 0 spiro atoms. The zero-order valence-corrected chi connectivity index (χ0v) is 11.5. The molecule has 1 aromatic carbocycles. The summed E-state index contributed by atoms with van der Waals surface area (Å²) in [5.74, 6) is 1.28. The molecular formula is C16H22N2. The smallest absolute Gasteiger partial charge is 0.0481 e. The van der Waals surface area contributed by atoms with Gasteiger partial charge in [0.05, 0.1) is 0 Å². The van der Waals surface area contributed by atoms with Crippen molar-refractivity contribution in [2.24, 2.45) is 18.7 Å². The summed E-state index contributed by atoms with van der Waals surface area (Å²) in [7, 11) is 2.11. The number of rotatable bonds is 3. The Bertz CT molecular complexity index is 576. The molecule has 96 valence electrons.